The number of ether oxygens (including phenoxy) is 1. The standard InChI is InChI=1S/C10H7FN2O4/c1-2-17-10(14)9-7(11)3-6(5-12)4-8(9)13(15)16/h3-4H,2H2,1H3. The molecule has 0 heterocycles. The molecule has 0 aliphatic carbocycles. The Kier molecular flexibility index (Phi) is 3.72. The highest BCUT2D eigenvalue weighted by molar-refractivity contribution is 5.94. The highest BCUT2D eigenvalue weighted by atomic mass is 19.1. The van der Waals surface area contributed by atoms with Crippen molar-refractivity contribution in [1.82, 2.24) is 0 Å². The van der Waals surface area contributed by atoms with Gasteiger partial charge in [-0.2, -0.15) is 5.26 Å². The van der Waals surface area contributed by atoms with Crippen molar-refractivity contribution in [2.45, 2.75) is 6.92 Å². The fourth-order valence-electron chi connectivity index (χ4n) is 1.21. The van der Waals surface area contributed by atoms with Crippen LogP contribution in [0.2, 0.25) is 0 Å². The van der Waals surface area contributed by atoms with Crippen LogP contribution in [0.4, 0.5) is 10.1 Å². The monoisotopic (exact) mass is 238 g/mol. The summed E-state index contributed by atoms with van der Waals surface area (Å²) in [5, 5.41) is 19.2. The van der Waals surface area contributed by atoms with Crippen molar-refractivity contribution < 1.29 is 18.8 Å². The smallest absolute Gasteiger partial charge is 0.348 e. The van der Waals surface area contributed by atoms with E-state index < -0.39 is 28.0 Å². The SMILES string of the molecule is CCOC(=O)c1c(F)cc(C#N)cc1[N+](=O)[O-]. The number of hydrogen-bond acceptors (Lipinski definition) is 5. The van der Waals surface area contributed by atoms with Crippen LogP contribution in [0.3, 0.4) is 0 Å². The van der Waals surface area contributed by atoms with Gasteiger partial charge in [-0.15, -0.1) is 0 Å². The van der Waals surface area contributed by atoms with E-state index in [4.69, 9.17) is 5.26 Å². The van der Waals surface area contributed by atoms with E-state index in [-0.39, 0.29) is 12.2 Å². The van der Waals surface area contributed by atoms with Gasteiger partial charge in [-0.05, 0) is 13.0 Å². The number of nitrogens with zero attached hydrogens (tertiary/aromatic N) is 2. The lowest BCUT2D eigenvalue weighted by Crippen LogP contribution is -2.11. The second-order valence-corrected chi connectivity index (χ2v) is 2.94. The van der Waals surface area contributed by atoms with Crippen LogP contribution in [0, 0.1) is 27.3 Å². The summed E-state index contributed by atoms with van der Waals surface area (Å²) in [4.78, 5) is 21.1. The van der Waals surface area contributed by atoms with Gasteiger partial charge in [0, 0.05) is 6.07 Å². The first kappa shape index (κ1) is 12.6. The third kappa shape index (κ3) is 2.55. The van der Waals surface area contributed by atoms with E-state index in [1.807, 2.05) is 0 Å². The molecule has 7 heteroatoms. The summed E-state index contributed by atoms with van der Waals surface area (Å²) in [5.74, 6) is -2.27. The van der Waals surface area contributed by atoms with Crippen LogP contribution in [-0.2, 0) is 4.74 Å². The molecule has 0 amide bonds. The van der Waals surface area contributed by atoms with Crippen LogP contribution < -0.4 is 0 Å². The van der Waals surface area contributed by atoms with Gasteiger partial charge in [-0.3, -0.25) is 10.1 Å². The number of halogens is 1. The molecule has 88 valence electrons. The zero-order chi connectivity index (χ0) is 13.0. The number of nitro groups is 1. The molecule has 0 N–H and O–H groups in total. The van der Waals surface area contributed by atoms with E-state index in [0.29, 0.717) is 0 Å². The summed E-state index contributed by atoms with van der Waals surface area (Å²) in [5.41, 5.74) is -1.78. The van der Waals surface area contributed by atoms with Crippen LogP contribution in [0.15, 0.2) is 12.1 Å². The molecule has 0 saturated carbocycles. The lowest BCUT2D eigenvalue weighted by Gasteiger charge is -2.04. The number of carbonyl (C=O) groups is 1. The fourth-order valence-corrected chi connectivity index (χ4v) is 1.21. The topological polar surface area (TPSA) is 93.2 Å². The van der Waals surface area contributed by atoms with Gasteiger partial charge in [-0.25, -0.2) is 9.18 Å². The number of nitro benzene ring substituents is 1. The van der Waals surface area contributed by atoms with Crippen LogP contribution in [0.25, 0.3) is 0 Å². The van der Waals surface area contributed by atoms with E-state index in [1.54, 1.807) is 6.07 Å². The third-order valence-corrected chi connectivity index (χ3v) is 1.87. The summed E-state index contributed by atoms with van der Waals surface area (Å²) in [6.45, 7) is 1.46. The van der Waals surface area contributed by atoms with Gasteiger partial charge in [-0.1, -0.05) is 0 Å². The Bertz CT molecular complexity index is 522. The number of carbonyl (C=O) groups excluding carboxylic acids is 1. The van der Waals surface area contributed by atoms with Crippen LogP contribution in [0.1, 0.15) is 22.8 Å². The van der Waals surface area contributed by atoms with Crippen molar-refractivity contribution in [2.24, 2.45) is 0 Å². The quantitative estimate of drug-likeness (QED) is 0.454. The Balaban J connectivity index is 3.43. The summed E-state index contributed by atoms with van der Waals surface area (Å²) in [7, 11) is 0. The molecule has 1 aromatic carbocycles. The Morgan fingerprint density at radius 1 is 1.65 bits per heavy atom. The fraction of sp³-hybridized carbons (Fsp3) is 0.200. The zero-order valence-electron chi connectivity index (χ0n) is 8.77. The minimum Gasteiger partial charge on any atom is -0.462 e. The maximum absolute atomic E-state index is 13.5. The molecule has 0 atom stereocenters. The van der Waals surface area contributed by atoms with Crippen LogP contribution >= 0.6 is 0 Å². The second-order valence-electron chi connectivity index (χ2n) is 2.94. The van der Waals surface area contributed by atoms with Gasteiger partial charge in [0.15, 0.2) is 5.56 Å². The normalized spacial score (nSPS) is 9.47. The van der Waals surface area contributed by atoms with E-state index in [0.717, 1.165) is 12.1 Å². The molecule has 1 rings (SSSR count). The predicted molar refractivity (Wildman–Crippen MR) is 53.7 cm³/mol. The van der Waals surface area contributed by atoms with Crippen molar-refractivity contribution in [1.29, 1.82) is 5.26 Å². The Hall–Kier alpha value is -2.49. The van der Waals surface area contributed by atoms with E-state index >= 15 is 0 Å². The first-order valence-corrected chi connectivity index (χ1v) is 4.56. The number of benzene rings is 1. The van der Waals surface area contributed by atoms with Crippen molar-refractivity contribution in [3.05, 3.63) is 39.2 Å². The minimum atomic E-state index is -1.14. The maximum Gasteiger partial charge on any atom is 0.348 e. The minimum absolute atomic E-state index is 0.0323. The third-order valence-electron chi connectivity index (χ3n) is 1.87. The van der Waals surface area contributed by atoms with E-state index in [2.05, 4.69) is 4.74 Å². The van der Waals surface area contributed by atoms with Gasteiger partial charge in [0.25, 0.3) is 5.69 Å². The number of rotatable bonds is 3. The van der Waals surface area contributed by atoms with Gasteiger partial charge < -0.3 is 4.74 Å². The highest BCUT2D eigenvalue weighted by Crippen LogP contribution is 2.24. The molecule has 0 bridgehead atoms. The van der Waals surface area contributed by atoms with E-state index in [9.17, 15) is 19.3 Å². The van der Waals surface area contributed by atoms with Crippen LogP contribution in [-0.4, -0.2) is 17.5 Å². The summed E-state index contributed by atoms with van der Waals surface area (Å²) in [6.07, 6.45) is 0. The molecule has 6 nitrogen and oxygen atoms in total. The van der Waals surface area contributed by atoms with Crippen molar-refractivity contribution >= 4 is 11.7 Å². The Labute approximate surface area is 95.4 Å². The second kappa shape index (κ2) is 5.03. The molecule has 0 radical (unpaired) electrons. The van der Waals surface area contributed by atoms with Gasteiger partial charge >= 0.3 is 5.97 Å². The molecule has 0 saturated heterocycles. The Morgan fingerprint density at radius 3 is 2.76 bits per heavy atom. The zero-order valence-corrected chi connectivity index (χ0v) is 8.77. The average Bonchev–Trinajstić information content (AvgIpc) is 2.27. The summed E-state index contributed by atoms with van der Waals surface area (Å²) < 4.78 is 18.0. The van der Waals surface area contributed by atoms with Gasteiger partial charge in [0.2, 0.25) is 0 Å². The number of hydrogen-bond donors (Lipinski definition) is 0. The maximum atomic E-state index is 13.5. The first-order valence-electron chi connectivity index (χ1n) is 4.56. The lowest BCUT2D eigenvalue weighted by molar-refractivity contribution is -0.385. The lowest BCUT2D eigenvalue weighted by atomic mass is 10.1. The molecule has 0 fully saturated rings. The summed E-state index contributed by atoms with van der Waals surface area (Å²) >= 11 is 0. The van der Waals surface area contributed by atoms with E-state index in [1.165, 1.54) is 6.92 Å². The van der Waals surface area contributed by atoms with Crippen molar-refractivity contribution in [3.8, 4) is 6.07 Å². The Morgan fingerprint density at radius 2 is 2.29 bits per heavy atom. The molecule has 0 aliphatic rings. The highest BCUT2D eigenvalue weighted by Gasteiger charge is 2.27. The van der Waals surface area contributed by atoms with Crippen molar-refractivity contribution in [3.63, 3.8) is 0 Å². The molecule has 1 aromatic rings. The largest absolute Gasteiger partial charge is 0.462 e. The molecule has 17 heavy (non-hydrogen) atoms. The molecule has 0 aromatic heterocycles. The summed E-state index contributed by atoms with van der Waals surface area (Å²) in [6, 6.07) is 3.14. The van der Waals surface area contributed by atoms with Gasteiger partial charge in [0.05, 0.1) is 23.2 Å². The van der Waals surface area contributed by atoms with Crippen LogP contribution in [0.5, 0.6) is 0 Å². The van der Waals surface area contributed by atoms with Crippen molar-refractivity contribution in [2.75, 3.05) is 6.61 Å². The predicted octanol–water partition coefficient (Wildman–Crippen LogP) is 1.78. The van der Waals surface area contributed by atoms with Gasteiger partial charge in [0.1, 0.15) is 5.82 Å². The molecular weight excluding hydrogens is 231 g/mol. The first-order chi connectivity index (χ1) is 8.01. The average molecular weight is 238 g/mol. The molecule has 0 aliphatic heterocycles. The molecule has 0 spiro atoms. The molecular formula is C10H7FN2O4. The number of esters is 1. The number of nitriles is 1. The molecule has 0 unspecified atom stereocenters.